The molecular weight excluding hydrogens is 576 g/mol. The Labute approximate surface area is 244 Å². The monoisotopic (exact) mass is 598 g/mol. The fourth-order valence-corrected chi connectivity index (χ4v) is 4.78. The second-order valence-corrected chi connectivity index (χ2v) is 10.4. The van der Waals surface area contributed by atoms with Gasteiger partial charge in [-0.25, -0.2) is 0 Å². The zero-order valence-electron chi connectivity index (χ0n) is 21.1. The molecule has 3 aromatic rings. The maximum absolute atomic E-state index is 13.0. The molecule has 0 aromatic heterocycles. The van der Waals surface area contributed by atoms with Gasteiger partial charge < -0.3 is 19.3 Å². The highest BCUT2D eigenvalue weighted by molar-refractivity contribution is 8.26. The number of thioether (sulfide) groups is 1. The molecule has 0 spiro atoms. The Morgan fingerprint density at radius 2 is 1.77 bits per heavy atom. The minimum Gasteiger partial charge on any atom is -0.493 e. The van der Waals surface area contributed by atoms with Gasteiger partial charge in [-0.1, -0.05) is 41.6 Å². The van der Waals surface area contributed by atoms with E-state index >= 15 is 0 Å². The second kappa shape index (κ2) is 13.3. The molecule has 4 rings (SSSR count). The van der Waals surface area contributed by atoms with Crippen LogP contribution < -0.4 is 19.6 Å². The molecule has 0 aliphatic carbocycles. The van der Waals surface area contributed by atoms with Crippen molar-refractivity contribution in [2.45, 2.75) is 13.0 Å². The van der Waals surface area contributed by atoms with E-state index in [0.29, 0.717) is 44.9 Å². The van der Waals surface area contributed by atoms with E-state index in [1.807, 2.05) is 12.1 Å². The average molecular weight is 599 g/mol. The van der Waals surface area contributed by atoms with E-state index in [9.17, 15) is 14.4 Å². The van der Waals surface area contributed by atoms with Gasteiger partial charge in [0.1, 0.15) is 12.4 Å². The van der Waals surface area contributed by atoms with Crippen molar-refractivity contribution in [2.24, 2.45) is 0 Å². The van der Waals surface area contributed by atoms with Gasteiger partial charge in [-0.3, -0.25) is 19.8 Å². The van der Waals surface area contributed by atoms with Gasteiger partial charge in [0.05, 0.1) is 25.0 Å². The third-order valence-corrected chi connectivity index (χ3v) is 7.06. The maximum Gasteiger partial charge on any atom is 0.306 e. The predicted molar refractivity (Wildman–Crippen MR) is 155 cm³/mol. The van der Waals surface area contributed by atoms with Crippen LogP contribution in [0.1, 0.15) is 27.9 Å². The summed E-state index contributed by atoms with van der Waals surface area (Å²) >= 11 is 12.3. The van der Waals surface area contributed by atoms with E-state index in [-0.39, 0.29) is 17.3 Å². The average Bonchev–Trinajstić information content (AvgIpc) is 3.20. The number of methoxy groups -OCH3 is 1. The minimum absolute atomic E-state index is 0.0114. The van der Waals surface area contributed by atoms with Crippen molar-refractivity contribution in [1.82, 2.24) is 10.4 Å². The van der Waals surface area contributed by atoms with Gasteiger partial charge in [0.15, 0.2) is 15.8 Å². The first kappa shape index (κ1) is 28.9. The van der Waals surface area contributed by atoms with Crippen molar-refractivity contribution in [3.05, 3.63) is 93.3 Å². The number of carbonyl (C=O) groups is 3. The fraction of sp³-hybridized carbons (Fsp3) is 0.143. The first-order valence-electron chi connectivity index (χ1n) is 11.8. The van der Waals surface area contributed by atoms with Crippen LogP contribution in [0.25, 0.3) is 6.08 Å². The van der Waals surface area contributed by atoms with Crippen LogP contribution in [-0.4, -0.2) is 45.9 Å². The Morgan fingerprint density at radius 3 is 2.45 bits per heavy atom. The number of ether oxygens (including phenoxy) is 3. The van der Waals surface area contributed by atoms with Gasteiger partial charge >= 0.3 is 5.97 Å². The lowest BCUT2D eigenvalue weighted by atomic mass is 10.2. The molecule has 2 amide bonds. The van der Waals surface area contributed by atoms with E-state index in [4.69, 9.17) is 43.1 Å². The maximum atomic E-state index is 13.0. The SMILES string of the molecule is COc1cc(/C=C2/SC(=S)N(NC(=O)c3ccc(OCc4ccc(Cl)cc4)cc3)C2=O)ccc1OCCC(=O)O. The van der Waals surface area contributed by atoms with E-state index in [0.717, 1.165) is 22.3 Å². The highest BCUT2D eigenvalue weighted by Crippen LogP contribution is 2.34. The number of rotatable bonds is 11. The first-order valence-corrected chi connectivity index (χ1v) is 13.4. The number of amides is 2. The van der Waals surface area contributed by atoms with Crippen LogP contribution in [0.3, 0.4) is 0 Å². The zero-order valence-corrected chi connectivity index (χ0v) is 23.5. The highest BCUT2D eigenvalue weighted by atomic mass is 35.5. The number of aliphatic carboxylic acids is 1. The van der Waals surface area contributed by atoms with Crippen molar-refractivity contribution in [2.75, 3.05) is 13.7 Å². The number of benzene rings is 3. The largest absolute Gasteiger partial charge is 0.493 e. The molecule has 3 aromatic carbocycles. The standard InChI is InChI=1S/C28H23ClN2O7S2/c1-36-23-14-18(4-11-22(23)37-13-12-25(32)33)15-24-27(35)31(28(39)40-24)30-26(34)19-5-9-21(10-6-19)38-16-17-2-7-20(29)8-3-17/h2-11,14-15H,12-13,16H2,1H3,(H,30,34)(H,32,33)/b24-15+. The van der Waals surface area contributed by atoms with Gasteiger partial charge in [0, 0.05) is 10.6 Å². The molecule has 0 radical (unpaired) electrons. The van der Waals surface area contributed by atoms with E-state index in [1.165, 1.54) is 7.11 Å². The highest BCUT2D eigenvalue weighted by Gasteiger charge is 2.34. The Balaban J connectivity index is 1.37. The number of thiocarbonyl (C=S) groups is 1. The lowest BCUT2D eigenvalue weighted by Gasteiger charge is -2.16. The van der Waals surface area contributed by atoms with Crippen LogP contribution >= 0.6 is 35.6 Å². The van der Waals surface area contributed by atoms with Crippen LogP contribution in [0.4, 0.5) is 0 Å². The van der Waals surface area contributed by atoms with Gasteiger partial charge in [-0.05, 0) is 78.0 Å². The summed E-state index contributed by atoms with van der Waals surface area (Å²) in [5.74, 6) is -0.626. The summed E-state index contributed by atoms with van der Waals surface area (Å²) in [5.41, 5.74) is 4.45. The van der Waals surface area contributed by atoms with E-state index in [1.54, 1.807) is 60.7 Å². The molecule has 1 aliphatic rings. The Morgan fingerprint density at radius 1 is 1.05 bits per heavy atom. The molecule has 12 heteroatoms. The summed E-state index contributed by atoms with van der Waals surface area (Å²) in [6.07, 6.45) is 1.46. The quantitative estimate of drug-likeness (QED) is 0.223. The van der Waals surface area contributed by atoms with E-state index < -0.39 is 17.8 Å². The summed E-state index contributed by atoms with van der Waals surface area (Å²) in [4.78, 5) is 36.8. The molecule has 1 heterocycles. The van der Waals surface area contributed by atoms with Gasteiger partial charge in [-0.2, -0.15) is 5.01 Å². The van der Waals surface area contributed by atoms with Crippen LogP contribution in [0, 0.1) is 0 Å². The minimum atomic E-state index is -0.971. The fourth-order valence-electron chi connectivity index (χ4n) is 3.47. The summed E-state index contributed by atoms with van der Waals surface area (Å²) < 4.78 is 16.7. The summed E-state index contributed by atoms with van der Waals surface area (Å²) in [6.45, 7) is 0.334. The second-order valence-electron chi connectivity index (χ2n) is 8.30. The molecule has 40 heavy (non-hydrogen) atoms. The van der Waals surface area contributed by atoms with Gasteiger partial charge in [-0.15, -0.1) is 0 Å². The number of carbonyl (C=O) groups excluding carboxylic acids is 2. The van der Waals surface area contributed by atoms with E-state index in [2.05, 4.69) is 5.43 Å². The number of nitrogens with zero attached hydrogens (tertiary/aromatic N) is 1. The van der Waals surface area contributed by atoms with Crippen molar-refractivity contribution in [1.29, 1.82) is 0 Å². The molecular formula is C28H23ClN2O7S2. The lowest BCUT2D eigenvalue weighted by molar-refractivity contribution is -0.137. The smallest absolute Gasteiger partial charge is 0.306 e. The molecule has 1 saturated heterocycles. The van der Waals surface area contributed by atoms with Gasteiger partial charge in [0.2, 0.25) is 0 Å². The molecule has 0 bridgehead atoms. The predicted octanol–water partition coefficient (Wildman–Crippen LogP) is 5.33. The van der Waals surface area contributed by atoms with Crippen LogP contribution in [-0.2, 0) is 16.2 Å². The number of carboxylic acid groups (broad SMARTS) is 1. The number of hydrazine groups is 1. The Bertz CT molecular complexity index is 1460. The third-order valence-electron chi connectivity index (χ3n) is 5.50. The van der Waals surface area contributed by atoms with Crippen LogP contribution in [0.5, 0.6) is 17.2 Å². The number of nitrogens with one attached hydrogen (secondary N) is 1. The van der Waals surface area contributed by atoms with Crippen molar-refractivity contribution in [3.63, 3.8) is 0 Å². The number of carboxylic acids is 1. The van der Waals surface area contributed by atoms with Crippen molar-refractivity contribution in [3.8, 4) is 17.2 Å². The lowest BCUT2D eigenvalue weighted by Crippen LogP contribution is -2.44. The summed E-state index contributed by atoms with van der Waals surface area (Å²) in [7, 11) is 1.45. The molecule has 206 valence electrons. The Hall–Kier alpha value is -4.06. The molecule has 9 nitrogen and oxygen atoms in total. The van der Waals surface area contributed by atoms with Crippen molar-refractivity contribution < 1.29 is 33.7 Å². The van der Waals surface area contributed by atoms with Crippen LogP contribution in [0.15, 0.2) is 71.6 Å². The number of hydrogen-bond donors (Lipinski definition) is 2. The summed E-state index contributed by atoms with van der Waals surface area (Å²) in [6, 6.07) is 18.8. The molecule has 0 saturated carbocycles. The topological polar surface area (TPSA) is 114 Å². The molecule has 0 atom stereocenters. The zero-order chi connectivity index (χ0) is 28.6. The Kier molecular flexibility index (Phi) is 9.65. The molecule has 1 aliphatic heterocycles. The molecule has 2 N–H and O–H groups in total. The van der Waals surface area contributed by atoms with Crippen LogP contribution in [0.2, 0.25) is 5.02 Å². The normalized spacial score (nSPS) is 13.8. The molecule has 0 unspecified atom stereocenters. The summed E-state index contributed by atoms with van der Waals surface area (Å²) in [5, 5.41) is 10.5. The van der Waals surface area contributed by atoms with Crippen molar-refractivity contribution >= 4 is 63.8 Å². The number of hydrogen-bond acceptors (Lipinski definition) is 8. The third kappa shape index (κ3) is 7.53. The van der Waals surface area contributed by atoms with Gasteiger partial charge in [0.25, 0.3) is 11.8 Å². The first-order chi connectivity index (χ1) is 19.2. The number of halogens is 1. The molecule has 1 fully saturated rings.